The van der Waals surface area contributed by atoms with Crippen LogP contribution >= 0.6 is 0 Å². The fourth-order valence-electron chi connectivity index (χ4n) is 5.58. The molecular formula is C44H74F3N7O2. The Morgan fingerprint density at radius 2 is 1.09 bits per heavy atom. The molecule has 3 aromatic rings. The first-order chi connectivity index (χ1) is 26.7. The summed E-state index contributed by atoms with van der Waals surface area (Å²) in [6, 6.07) is 7.23. The van der Waals surface area contributed by atoms with E-state index in [0.29, 0.717) is 31.1 Å². The van der Waals surface area contributed by atoms with E-state index in [9.17, 15) is 18.0 Å². The highest BCUT2D eigenvalue weighted by Crippen LogP contribution is 2.22. The van der Waals surface area contributed by atoms with Crippen LogP contribution in [0.1, 0.15) is 110 Å². The molecule has 3 aliphatic rings. The van der Waals surface area contributed by atoms with Gasteiger partial charge in [-0.25, -0.2) is 0 Å². The van der Waals surface area contributed by atoms with Gasteiger partial charge < -0.3 is 20.3 Å². The maximum absolute atomic E-state index is 11.9. The van der Waals surface area contributed by atoms with Gasteiger partial charge >= 0.3 is 6.18 Å². The molecule has 0 radical (unpaired) electrons. The molecule has 0 atom stereocenters. The van der Waals surface area contributed by atoms with Crippen LogP contribution in [0.3, 0.4) is 0 Å². The highest BCUT2D eigenvalue weighted by molar-refractivity contribution is 5.73. The molecule has 12 heteroatoms. The second-order valence-corrected chi connectivity index (χ2v) is 14.1. The number of likely N-dealkylation sites (tertiary alicyclic amines) is 2. The lowest BCUT2D eigenvalue weighted by molar-refractivity contribution is -0.148. The van der Waals surface area contributed by atoms with Gasteiger partial charge in [-0.3, -0.25) is 24.6 Å². The van der Waals surface area contributed by atoms with E-state index in [1.54, 1.807) is 6.92 Å². The van der Waals surface area contributed by atoms with Crippen molar-refractivity contribution in [2.24, 2.45) is 5.92 Å². The van der Waals surface area contributed by atoms with Crippen LogP contribution < -0.4 is 10.6 Å². The molecule has 3 saturated heterocycles. The van der Waals surface area contributed by atoms with Gasteiger partial charge in [-0.15, -0.1) is 0 Å². The van der Waals surface area contributed by atoms with Gasteiger partial charge in [0.1, 0.15) is 0 Å². The third-order valence-electron chi connectivity index (χ3n) is 8.36. The molecule has 0 aromatic carbocycles. The molecule has 0 saturated carbocycles. The molecule has 0 aliphatic carbocycles. The summed E-state index contributed by atoms with van der Waals surface area (Å²) in [5, 5.41) is 6.81. The fourth-order valence-corrected chi connectivity index (χ4v) is 5.58. The topological polar surface area (TPSA) is 95.5 Å². The predicted octanol–water partition coefficient (Wildman–Crippen LogP) is 10.5. The van der Waals surface area contributed by atoms with Crippen molar-refractivity contribution in [3.63, 3.8) is 0 Å². The fraction of sp³-hybridized carbons (Fsp3) is 0.636. The first kappa shape index (κ1) is 52.2. The van der Waals surface area contributed by atoms with E-state index in [0.717, 1.165) is 68.9 Å². The molecule has 1 amide bonds. The molecule has 56 heavy (non-hydrogen) atoms. The molecule has 6 rings (SSSR count). The van der Waals surface area contributed by atoms with Gasteiger partial charge in [0.25, 0.3) is 0 Å². The highest BCUT2D eigenvalue weighted by Gasteiger charge is 2.31. The number of hydrogen-bond acceptors (Lipinski definition) is 8. The van der Waals surface area contributed by atoms with E-state index in [4.69, 9.17) is 4.74 Å². The van der Waals surface area contributed by atoms with Crippen molar-refractivity contribution in [1.82, 2.24) is 24.8 Å². The van der Waals surface area contributed by atoms with Crippen LogP contribution in [0.25, 0.3) is 0 Å². The Labute approximate surface area is 337 Å². The van der Waals surface area contributed by atoms with Crippen LogP contribution in [-0.2, 0) is 9.53 Å². The van der Waals surface area contributed by atoms with Crippen LogP contribution in [0.5, 0.6) is 0 Å². The SMILES string of the molecule is CC.CC.CC(=O)N1CCC(Nc2cncc(C)c2)CC1.CC1CCN(CC(F)(F)F)CC1.CCC.Cc1cncc(C)c1.Cc1cncc(NC2COC2)c1. The summed E-state index contributed by atoms with van der Waals surface area (Å²) in [7, 11) is 0. The Morgan fingerprint density at radius 3 is 1.41 bits per heavy atom. The number of carbonyl (C=O) groups is 1. The molecule has 3 aromatic heterocycles. The number of alkyl halides is 3. The number of carbonyl (C=O) groups excluding carboxylic acids is 1. The van der Waals surface area contributed by atoms with Crippen LogP contribution in [0.15, 0.2) is 55.4 Å². The minimum atomic E-state index is -4.03. The monoisotopic (exact) mass is 790 g/mol. The van der Waals surface area contributed by atoms with E-state index < -0.39 is 12.7 Å². The third-order valence-corrected chi connectivity index (χ3v) is 8.36. The molecule has 6 heterocycles. The lowest BCUT2D eigenvalue weighted by atomic mass is 9.99. The maximum atomic E-state index is 11.9. The van der Waals surface area contributed by atoms with Gasteiger partial charge in [0, 0.05) is 63.2 Å². The third kappa shape index (κ3) is 25.4. The van der Waals surface area contributed by atoms with Crippen LogP contribution in [0.2, 0.25) is 0 Å². The number of piperidine rings is 2. The molecule has 0 spiro atoms. The molecular weight excluding hydrogens is 716 g/mol. The number of aromatic nitrogens is 3. The summed E-state index contributed by atoms with van der Waals surface area (Å²) < 4.78 is 40.7. The number of nitrogens with zero attached hydrogens (tertiary/aromatic N) is 5. The van der Waals surface area contributed by atoms with Crippen LogP contribution in [-0.4, -0.2) is 94.9 Å². The summed E-state index contributed by atoms with van der Waals surface area (Å²) in [4.78, 5) is 26.8. The van der Waals surface area contributed by atoms with Gasteiger partial charge in [0.05, 0.1) is 37.2 Å². The molecule has 2 N–H and O–H groups in total. The number of amides is 1. The van der Waals surface area contributed by atoms with E-state index in [1.807, 2.05) is 97.5 Å². The number of pyridine rings is 3. The lowest BCUT2D eigenvalue weighted by Crippen LogP contribution is -2.41. The van der Waals surface area contributed by atoms with E-state index in [-0.39, 0.29) is 5.91 Å². The van der Waals surface area contributed by atoms with Crippen molar-refractivity contribution in [3.8, 4) is 0 Å². The number of halogens is 3. The zero-order chi connectivity index (χ0) is 42.5. The zero-order valence-corrected chi connectivity index (χ0v) is 36.6. The van der Waals surface area contributed by atoms with Crippen molar-refractivity contribution in [2.45, 2.75) is 133 Å². The van der Waals surface area contributed by atoms with Gasteiger partial charge in [0.2, 0.25) is 5.91 Å². The predicted molar refractivity (Wildman–Crippen MR) is 228 cm³/mol. The number of nitrogens with one attached hydrogen (secondary N) is 2. The second-order valence-electron chi connectivity index (χ2n) is 14.1. The van der Waals surface area contributed by atoms with Crippen molar-refractivity contribution < 1.29 is 22.7 Å². The Balaban J connectivity index is 0.000000699. The molecule has 318 valence electrons. The number of hydrogen-bond donors (Lipinski definition) is 2. The Hall–Kier alpha value is -3.77. The van der Waals surface area contributed by atoms with E-state index in [1.165, 1.54) is 28.0 Å². The number of aryl methyl sites for hydroxylation is 4. The first-order valence-corrected chi connectivity index (χ1v) is 20.5. The van der Waals surface area contributed by atoms with Crippen molar-refractivity contribution in [2.75, 3.05) is 56.6 Å². The highest BCUT2D eigenvalue weighted by atomic mass is 19.4. The van der Waals surface area contributed by atoms with Crippen molar-refractivity contribution >= 4 is 17.3 Å². The van der Waals surface area contributed by atoms with E-state index >= 15 is 0 Å². The molecule has 3 fully saturated rings. The van der Waals surface area contributed by atoms with Gasteiger partial charge in [0.15, 0.2) is 0 Å². The average molecular weight is 790 g/mol. The van der Waals surface area contributed by atoms with Gasteiger partial charge in [-0.2, -0.15) is 13.2 Å². The summed E-state index contributed by atoms with van der Waals surface area (Å²) in [6.07, 6.45) is 12.1. The van der Waals surface area contributed by atoms with Crippen LogP contribution in [0, 0.1) is 33.6 Å². The van der Waals surface area contributed by atoms with E-state index in [2.05, 4.69) is 64.6 Å². The van der Waals surface area contributed by atoms with Gasteiger partial charge in [-0.05, 0) is 107 Å². The van der Waals surface area contributed by atoms with Crippen LogP contribution in [0.4, 0.5) is 24.5 Å². The number of rotatable bonds is 5. The van der Waals surface area contributed by atoms with Crippen molar-refractivity contribution in [1.29, 1.82) is 0 Å². The standard InChI is InChI=1S/C13H19N3O.C9H12N2O.C8H14F3N.C7H9N.C3H8.2C2H6/c1-10-7-13(9-14-8-10)15-12-3-5-16(6-4-12)11(2)17;1-7-2-8(4-10-3-7)11-9-5-12-6-9;1-7-2-4-12(5-3-7)6-8(9,10)11;1-6-3-7(2)5-8-4-6;1-3-2;2*1-2/h7-9,12,15H,3-6H2,1-2H3;2-4,9,11H,5-6H2,1H3;7H,2-6H2,1H3;3-5H,1-2H3;3H2,1-2H3;2*1-2H3. The zero-order valence-electron chi connectivity index (χ0n) is 36.6. The molecule has 3 aliphatic heterocycles. The Morgan fingerprint density at radius 1 is 0.696 bits per heavy atom. The minimum Gasteiger partial charge on any atom is -0.381 e. The lowest BCUT2D eigenvalue weighted by Gasteiger charge is -2.32. The number of ether oxygens (including phenoxy) is 1. The quantitative estimate of drug-likeness (QED) is 0.264. The second kappa shape index (κ2) is 30.4. The summed E-state index contributed by atoms with van der Waals surface area (Å²) in [5.74, 6) is 0.773. The minimum absolute atomic E-state index is 0.181. The number of anilines is 2. The molecule has 9 nitrogen and oxygen atoms in total. The molecule has 0 unspecified atom stereocenters. The Bertz CT molecular complexity index is 1410. The van der Waals surface area contributed by atoms with Gasteiger partial charge in [-0.1, -0.05) is 61.0 Å². The average Bonchev–Trinajstić information content (AvgIpc) is 3.13. The smallest absolute Gasteiger partial charge is 0.381 e. The summed E-state index contributed by atoms with van der Waals surface area (Å²) in [6.45, 7) is 27.9. The molecule has 0 bridgehead atoms. The summed E-state index contributed by atoms with van der Waals surface area (Å²) in [5.41, 5.74) is 6.96. The summed E-state index contributed by atoms with van der Waals surface area (Å²) >= 11 is 0. The maximum Gasteiger partial charge on any atom is 0.401 e. The normalized spacial score (nSPS) is 15.6. The Kier molecular flexibility index (Phi) is 28.3. The largest absolute Gasteiger partial charge is 0.401 e. The first-order valence-electron chi connectivity index (χ1n) is 20.5. The van der Waals surface area contributed by atoms with Crippen molar-refractivity contribution in [3.05, 3.63) is 77.6 Å².